The van der Waals surface area contributed by atoms with Gasteiger partial charge in [0.15, 0.2) is 0 Å². The third-order valence-electron chi connectivity index (χ3n) is 5.97. The van der Waals surface area contributed by atoms with E-state index in [-0.39, 0.29) is 30.9 Å². The molecule has 0 aliphatic carbocycles. The van der Waals surface area contributed by atoms with Crippen LogP contribution in [0.2, 0.25) is 0 Å². The first-order chi connectivity index (χ1) is 17.7. The smallest absolute Gasteiger partial charge is 0.419 e. The number of amides is 1. The summed E-state index contributed by atoms with van der Waals surface area (Å²) in [6.45, 7) is 9.66. The van der Waals surface area contributed by atoms with Crippen molar-refractivity contribution in [1.29, 1.82) is 0 Å². The lowest BCUT2D eigenvalue weighted by molar-refractivity contribution is -0.138. The molecule has 0 saturated carbocycles. The second-order valence-corrected chi connectivity index (χ2v) is 10.3. The normalized spacial score (nSPS) is 12.9. The number of nitrogens with zero attached hydrogens (tertiary/aromatic N) is 3. The monoisotopic (exact) mass is 531 g/mol. The van der Waals surface area contributed by atoms with Crippen molar-refractivity contribution in [2.45, 2.75) is 58.9 Å². The van der Waals surface area contributed by atoms with E-state index in [2.05, 4.69) is 5.10 Å². The average Bonchev–Trinajstić information content (AvgIpc) is 3.33. The standard InChI is InChI=1S/C28H32F3N3O4/c1-18(2)25(38-23-12-10-22(11-13-23)34-17-21(16-32-34)28(29,30)31)19-6-8-20(9-7-19)26(37)33(27(3,4)5)15-14-24(35)36/h6-13,16-18,25H,14-15H2,1-5H3,(H,35,36). The van der Waals surface area contributed by atoms with Crippen molar-refractivity contribution in [3.8, 4) is 11.4 Å². The Bertz CT molecular complexity index is 1240. The van der Waals surface area contributed by atoms with Crippen molar-refractivity contribution in [2.75, 3.05) is 6.54 Å². The van der Waals surface area contributed by atoms with Gasteiger partial charge in [0.1, 0.15) is 11.9 Å². The van der Waals surface area contributed by atoms with Crippen LogP contribution in [0.5, 0.6) is 5.75 Å². The maximum absolute atomic E-state index is 13.1. The summed E-state index contributed by atoms with van der Waals surface area (Å²) in [4.78, 5) is 25.7. The van der Waals surface area contributed by atoms with Crippen LogP contribution >= 0.6 is 0 Å². The van der Waals surface area contributed by atoms with Crippen LogP contribution < -0.4 is 4.74 Å². The van der Waals surface area contributed by atoms with Crippen molar-refractivity contribution in [2.24, 2.45) is 5.92 Å². The summed E-state index contributed by atoms with van der Waals surface area (Å²) in [6, 6.07) is 13.6. The Hall–Kier alpha value is -3.82. The maximum Gasteiger partial charge on any atom is 0.419 e. The number of alkyl halides is 3. The number of aromatic nitrogens is 2. The van der Waals surface area contributed by atoms with Gasteiger partial charge in [-0.2, -0.15) is 18.3 Å². The SMILES string of the molecule is CC(C)C(Oc1ccc(-n2cc(C(F)(F)F)cn2)cc1)c1ccc(C(=O)N(CCC(=O)O)C(C)(C)C)cc1. The van der Waals surface area contributed by atoms with Gasteiger partial charge in [0.2, 0.25) is 0 Å². The van der Waals surface area contributed by atoms with Gasteiger partial charge >= 0.3 is 12.1 Å². The first-order valence-corrected chi connectivity index (χ1v) is 12.2. The minimum absolute atomic E-state index is 0.0679. The molecular formula is C28H32F3N3O4. The summed E-state index contributed by atoms with van der Waals surface area (Å²) in [6.07, 6.45) is -3.25. The first kappa shape index (κ1) is 28.7. The Morgan fingerprint density at radius 2 is 1.63 bits per heavy atom. The highest BCUT2D eigenvalue weighted by atomic mass is 19.4. The van der Waals surface area contributed by atoms with E-state index in [4.69, 9.17) is 9.84 Å². The molecule has 1 amide bonds. The van der Waals surface area contributed by atoms with E-state index < -0.39 is 23.2 Å². The highest BCUT2D eigenvalue weighted by Gasteiger charge is 2.32. The molecule has 2 aromatic carbocycles. The fourth-order valence-electron chi connectivity index (χ4n) is 3.94. The largest absolute Gasteiger partial charge is 0.485 e. The molecule has 0 spiro atoms. The molecule has 10 heteroatoms. The number of hydrogen-bond acceptors (Lipinski definition) is 4. The Balaban J connectivity index is 1.75. The predicted molar refractivity (Wildman–Crippen MR) is 136 cm³/mol. The minimum Gasteiger partial charge on any atom is -0.485 e. The molecule has 1 N–H and O–H groups in total. The van der Waals surface area contributed by atoms with E-state index in [1.807, 2.05) is 46.8 Å². The first-order valence-electron chi connectivity index (χ1n) is 12.2. The number of carbonyl (C=O) groups excluding carboxylic acids is 1. The lowest BCUT2D eigenvalue weighted by Crippen LogP contribution is -2.46. The second-order valence-electron chi connectivity index (χ2n) is 10.3. The Kier molecular flexibility index (Phi) is 8.54. The summed E-state index contributed by atoms with van der Waals surface area (Å²) in [5.41, 5.74) is 0.370. The van der Waals surface area contributed by atoms with Crippen molar-refractivity contribution < 1.29 is 32.6 Å². The third kappa shape index (κ3) is 7.14. The molecule has 0 radical (unpaired) electrons. The number of halogens is 3. The summed E-state index contributed by atoms with van der Waals surface area (Å²) >= 11 is 0. The average molecular weight is 532 g/mol. The Morgan fingerprint density at radius 1 is 1.03 bits per heavy atom. The maximum atomic E-state index is 13.1. The lowest BCUT2D eigenvalue weighted by atomic mass is 9.97. The number of aliphatic carboxylic acids is 1. The van der Waals surface area contributed by atoms with Crippen molar-refractivity contribution >= 4 is 11.9 Å². The fourth-order valence-corrected chi connectivity index (χ4v) is 3.94. The molecule has 1 aromatic heterocycles. The number of hydrogen-bond donors (Lipinski definition) is 1. The quantitative estimate of drug-likeness (QED) is 0.346. The van der Waals surface area contributed by atoms with E-state index in [0.29, 0.717) is 17.0 Å². The van der Waals surface area contributed by atoms with Crippen LogP contribution in [-0.2, 0) is 11.0 Å². The van der Waals surface area contributed by atoms with Crippen LogP contribution in [0.4, 0.5) is 13.2 Å². The van der Waals surface area contributed by atoms with Gasteiger partial charge in [0.05, 0.1) is 23.9 Å². The van der Waals surface area contributed by atoms with Gasteiger partial charge in [-0.25, -0.2) is 4.68 Å². The minimum atomic E-state index is -4.46. The molecule has 0 aliphatic heterocycles. The van der Waals surface area contributed by atoms with E-state index in [1.54, 1.807) is 41.3 Å². The molecule has 3 rings (SSSR count). The molecule has 204 valence electrons. The second kappa shape index (κ2) is 11.3. The number of benzene rings is 2. The highest BCUT2D eigenvalue weighted by Crippen LogP contribution is 2.31. The van der Waals surface area contributed by atoms with Gasteiger partial charge in [0.25, 0.3) is 5.91 Å². The Morgan fingerprint density at radius 3 is 2.11 bits per heavy atom. The summed E-state index contributed by atoms with van der Waals surface area (Å²) in [7, 11) is 0. The van der Waals surface area contributed by atoms with E-state index in [1.165, 1.54) is 0 Å². The van der Waals surface area contributed by atoms with Gasteiger partial charge in [0, 0.05) is 23.8 Å². The van der Waals surface area contributed by atoms with Gasteiger partial charge in [-0.1, -0.05) is 26.0 Å². The molecule has 1 heterocycles. The summed E-state index contributed by atoms with van der Waals surface area (Å²) in [5, 5.41) is 12.8. The third-order valence-corrected chi connectivity index (χ3v) is 5.97. The molecule has 1 unspecified atom stereocenters. The zero-order valence-corrected chi connectivity index (χ0v) is 22.0. The van der Waals surface area contributed by atoms with E-state index >= 15 is 0 Å². The van der Waals surface area contributed by atoms with Crippen molar-refractivity contribution in [1.82, 2.24) is 14.7 Å². The van der Waals surface area contributed by atoms with Crippen molar-refractivity contribution in [3.63, 3.8) is 0 Å². The van der Waals surface area contributed by atoms with Crippen molar-refractivity contribution in [3.05, 3.63) is 77.6 Å². The highest BCUT2D eigenvalue weighted by molar-refractivity contribution is 5.95. The van der Waals surface area contributed by atoms with Crippen LogP contribution in [0.1, 0.15) is 68.6 Å². The zero-order valence-electron chi connectivity index (χ0n) is 22.0. The molecule has 3 aromatic rings. The molecule has 0 fully saturated rings. The van der Waals surface area contributed by atoms with Gasteiger partial charge in [-0.15, -0.1) is 0 Å². The van der Waals surface area contributed by atoms with Gasteiger partial charge in [-0.3, -0.25) is 9.59 Å². The number of carbonyl (C=O) groups is 2. The molecule has 1 atom stereocenters. The van der Waals surface area contributed by atoms with Gasteiger partial charge < -0.3 is 14.7 Å². The number of rotatable bonds is 9. The number of carboxylic acid groups (broad SMARTS) is 1. The molecule has 0 aliphatic rings. The lowest BCUT2D eigenvalue weighted by Gasteiger charge is -2.35. The van der Waals surface area contributed by atoms with Crippen LogP contribution in [0, 0.1) is 5.92 Å². The van der Waals surface area contributed by atoms with Crippen LogP contribution in [-0.4, -0.2) is 43.7 Å². The molecule has 0 bridgehead atoms. The van der Waals surface area contributed by atoms with Crippen LogP contribution in [0.25, 0.3) is 5.69 Å². The van der Waals surface area contributed by atoms with Crippen LogP contribution in [0.3, 0.4) is 0 Å². The number of ether oxygens (including phenoxy) is 1. The van der Waals surface area contributed by atoms with Crippen LogP contribution in [0.15, 0.2) is 60.9 Å². The molecule has 38 heavy (non-hydrogen) atoms. The topological polar surface area (TPSA) is 84.7 Å². The van der Waals surface area contributed by atoms with Gasteiger partial charge in [-0.05, 0) is 68.7 Å². The zero-order chi connectivity index (χ0) is 28.3. The molecule has 7 nitrogen and oxygen atoms in total. The number of carboxylic acids is 1. The summed E-state index contributed by atoms with van der Waals surface area (Å²) in [5.74, 6) is -0.625. The fraction of sp³-hybridized carbons (Fsp3) is 0.393. The van der Waals surface area contributed by atoms with E-state index in [0.717, 1.165) is 22.6 Å². The van der Waals surface area contributed by atoms with E-state index in [9.17, 15) is 22.8 Å². The Labute approximate surface area is 219 Å². The molecule has 0 saturated heterocycles. The molecular weight excluding hydrogens is 499 g/mol. The predicted octanol–water partition coefficient (Wildman–Crippen LogP) is 6.38. The summed E-state index contributed by atoms with van der Waals surface area (Å²) < 4.78 is 46.0.